The minimum atomic E-state index is -3.57. The van der Waals surface area contributed by atoms with E-state index in [9.17, 15) is 13.2 Å². The minimum absolute atomic E-state index is 0.0546. The lowest BCUT2D eigenvalue weighted by molar-refractivity contribution is -0.143. The number of esters is 1. The van der Waals surface area contributed by atoms with Crippen LogP contribution in [0.4, 0.5) is 0 Å². The van der Waals surface area contributed by atoms with Crippen LogP contribution in [0.5, 0.6) is 0 Å². The Morgan fingerprint density at radius 2 is 1.75 bits per heavy atom. The largest absolute Gasteiger partial charge is 0.466 e. The highest BCUT2D eigenvalue weighted by atomic mass is 32.2. The maximum Gasteiger partial charge on any atom is 0.307 e. The number of ether oxygens (including phenoxy) is 1. The molecule has 1 rings (SSSR count). The molecule has 0 aromatic heterocycles. The average Bonchev–Trinajstić information content (AvgIpc) is 2.57. The molecule has 0 aliphatic rings. The van der Waals surface area contributed by atoms with E-state index in [1.54, 1.807) is 19.1 Å². The third-order valence-electron chi connectivity index (χ3n) is 3.89. The van der Waals surface area contributed by atoms with Crippen LogP contribution < -0.4 is 0 Å². The second-order valence-corrected chi connectivity index (χ2v) is 7.88. The third-order valence-corrected chi connectivity index (χ3v) is 5.76. The fraction of sp³-hybridized carbons (Fsp3) is 0.611. The molecule has 0 heterocycles. The summed E-state index contributed by atoms with van der Waals surface area (Å²) in [5.41, 5.74) is 1.15. The van der Waals surface area contributed by atoms with Gasteiger partial charge >= 0.3 is 5.97 Å². The first-order chi connectivity index (χ1) is 11.4. The van der Waals surface area contributed by atoms with Gasteiger partial charge in [0.2, 0.25) is 10.0 Å². The summed E-state index contributed by atoms with van der Waals surface area (Å²) in [6.07, 6.45) is 5.79. The molecule has 24 heavy (non-hydrogen) atoms. The van der Waals surface area contributed by atoms with Gasteiger partial charge in [0.1, 0.15) is 0 Å². The summed E-state index contributed by atoms with van der Waals surface area (Å²) in [6, 6.07) is 7.03. The van der Waals surface area contributed by atoms with Crippen LogP contribution in [0.25, 0.3) is 0 Å². The first kappa shape index (κ1) is 20.6. The summed E-state index contributed by atoms with van der Waals surface area (Å²) >= 11 is 0. The van der Waals surface area contributed by atoms with Crippen LogP contribution >= 0.6 is 0 Å². The third kappa shape index (κ3) is 6.61. The van der Waals surface area contributed by atoms with Crippen molar-refractivity contribution in [1.29, 1.82) is 0 Å². The van der Waals surface area contributed by atoms with Gasteiger partial charge in [0, 0.05) is 13.6 Å². The Morgan fingerprint density at radius 3 is 2.33 bits per heavy atom. The summed E-state index contributed by atoms with van der Waals surface area (Å²) in [6.45, 7) is 4.31. The number of carbonyl (C=O) groups excluding carboxylic acids is 1. The van der Waals surface area contributed by atoms with Crippen molar-refractivity contribution in [3.05, 3.63) is 29.8 Å². The number of sulfonamides is 1. The second-order valence-electron chi connectivity index (χ2n) is 5.84. The Balaban J connectivity index is 2.61. The van der Waals surface area contributed by atoms with Gasteiger partial charge in [0.25, 0.3) is 0 Å². The van der Waals surface area contributed by atoms with E-state index in [0.29, 0.717) is 6.61 Å². The highest BCUT2D eigenvalue weighted by molar-refractivity contribution is 7.89. The summed E-state index contributed by atoms with van der Waals surface area (Å²) < 4.78 is 31.0. The van der Waals surface area contributed by atoms with Crippen molar-refractivity contribution < 1.29 is 17.9 Å². The Bertz CT molecular complexity index is 596. The maximum absolute atomic E-state index is 12.5. The van der Waals surface area contributed by atoms with E-state index in [4.69, 9.17) is 4.74 Å². The van der Waals surface area contributed by atoms with Gasteiger partial charge in [-0.3, -0.25) is 4.79 Å². The number of nitrogens with zero attached hydrogens (tertiary/aromatic N) is 1. The van der Waals surface area contributed by atoms with Crippen molar-refractivity contribution in [2.45, 2.75) is 57.3 Å². The van der Waals surface area contributed by atoms with Gasteiger partial charge in [-0.15, -0.1) is 0 Å². The normalized spacial score (nSPS) is 11.7. The Kier molecular flexibility index (Phi) is 9.00. The standard InChI is InChI=1S/C18H29NO4S/c1-4-6-7-8-9-16-10-12-17(13-11-16)24(21,22)19(3)15-14-18(20)23-5-2/h10-13H,4-9,14-15H2,1-3H3. The maximum atomic E-state index is 12.5. The molecule has 0 fully saturated rings. The van der Waals surface area contributed by atoms with E-state index >= 15 is 0 Å². The molecule has 0 atom stereocenters. The number of hydrogen-bond acceptors (Lipinski definition) is 4. The van der Waals surface area contributed by atoms with Crippen LogP contribution in [0.15, 0.2) is 29.2 Å². The van der Waals surface area contributed by atoms with Gasteiger partial charge in [-0.1, -0.05) is 38.3 Å². The Morgan fingerprint density at radius 1 is 1.08 bits per heavy atom. The van der Waals surface area contributed by atoms with Crippen LogP contribution in [0.2, 0.25) is 0 Å². The molecule has 1 aromatic rings. The molecule has 0 saturated heterocycles. The average molecular weight is 356 g/mol. The predicted octanol–water partition coefficient (Wildman–Crippen LogP) is 3.38. The molecule has 0 spiro atoms. The molecule has 0 unspecified atom stereocenters. The number of rotatable bonds is 11. The smallest absolute Gasteiger partial charge is 0.307 e. The summed E-state index contributed by atoms with van der Waals surface area (Å²) in [5.74, 6) is -0.387. The SMILES string of the molecule is CCCCCCc1ccc(S(=O)(=O)N(C)CCC(=O)OCC)cc1. The predicted molar refractivity (Wildman–Crippen MR) is 95.4 cm³/mol. The van der Waals surface area contributed by atoms with E-state index < -0.39 is 10.0 Å². The lowest BCUT2D eigenvalue weighted by atomic mass is 10.1. The number of aryl methyl sites for hydroxylation is 1. The monoisotopic (exact) mass is 355 g/mol. The molecule has 5 nitrogen and oxygen atoms in total. The fourth-order valence-electron chi connectivity index (χ4n) is 2.37. The second kappa shape index (κ2) is 10.5. The van der Waals surface area contributed by atoms with Crippen molar-refractivity contribution in [3.8, 4) is 0 Å². The van der Waals surface area contributed by atoms with Crippen molar-refractivity contribution in [3.63, 3.8) is 0 Å². The molecule has 0 N–H and O–H groups in total. The molecular formula is C18H29NO4S. The van der Waals surface area contributed by atoms with E-state index in [-0.39, 0.29) is 23.8 Å². The van der Waals surface area contributed by atoms with Gasteiger partial charge < -0.3 is 4.74 Å². The zero-order valence-corrected chi connectivity index (χ0v) is 15.8. The number of unbranched alkanes of at least 4 members (excludes halogenated alkanes) is 3. The molecule has 136 valence electrons. The first-order valence-electron chi connectivity index (χ1n) is 8.62. The fourth-order valence-corrected chi connectivity index (χ4v) is 3.54. The molecule has 6 heteroatoms. The quantitative estimate of drug-likeness (QED) is 0.451. The van der Waals surface area contributed by atoms with E-state index in [1.807, 2.05) is 12.1 Å². The molecular weight excluding hydrogens is 326 g/mol. The van der Waals surface area contributed by atoms with Crippen LogP contribution in [0.3, 0.4) is 0 Å². The summed E-state index contributed by atoms with van der Waals surface area (Å²) in [7, 11) is -2.09. The highest BCUT2D eigenvalue weighted by Gasteiger charge is 2.21. The molecule has 0 aliphatic carbocycles. The van der Waals surface area contributed by atoms with E-state index in [1.165, 1.54) is 30.6 Å². The summed E-state index contributed by atoms with van der Waals surface area (Å²) in [4.78, 5) is 11.6. The zero-order valence-electron chi connectivity index (χ0n) is 15.0. The van der Waals surface area contributed by atoms with E-state index in [2.05, 4.69) is 6.92 Å². The van der Waals surface area contributed by atoms with Gasteiger partial charge in [0.05, 0.1) is 17.9 Å². The van der Waals surface area contributed by atoms with Crippen LogP contribution in [-0.2, 0) is 26.0 Å². The molecule has 0 radical (unpaired) electrons. The number of carbonyl (C=O) groups is 1. The lowest BCUT2D eigenvalue weighted by Gasteiger charge is -2.17. The van der Waals surface area contributed by atoms with Gasteiger partial charge in [-0.25, -0.2) is 12.7 Å². The first-order valence-corrected chi connectivity index (χ1v) is 10.1. The molecule has 0 aliphatic heterocycles. The topological polar surface area (TPSA) is 63.7 Å². The molecule has 0 amide bonds. The van der Waals surface area contributed by atoms with Gasteiger partial charge in [-0.05, 0) is 37.5 Å². The molecule has 0 saturated carbocycles. The van der Waals surface area contributed by atoms with Crippen LogP contribution in [-0.4, -0.2) is 38.9 Å². The molecule has 0 bridgehead atoms. The van der Waals surface area contributed by atoms with Crippen molar-refractivity contribution in [2.24, 2.45) is 0 Å². The lowest BCUT2D eigenvalue weighted by Crippen LogP contribution is -2.29. The van der Waals surface area contributed by atoms with E-state index in [0.717, 1.165) is 18.4 Å². The van der Waals surface area contributed by atoms with Gasteiger partial charge in [0.15, 0.2) is 0 Å². The highest BCUT2D eigenvalue weighted by Crippen LogP contribution is 2.17. The van der Waals surface area contributed by atoms with Crippen LogP contribution in [0.1, 0.15) is 51.5 Å². The summed E-state index contributed by atoms with van der Waals surface area (Å²) in [5, 5.41) is 0. The van der Waals surface area contributed by atoms with Crippen LogP contribution in [0, 0.1) is 0 Å². The number of hydrogen-bond donors (Lipinski definition) is 0. The van der Waals surface area contributed by atoms with Crippen molar-refractivity contribution in [1.82, 2.24) is 4.31 Å². The van der Waals surface area contributed by atoms with Crippen molar-refractivity contribution >= 4 is 16.0 Å². The Hall–Kier alpha value is -1.40. The Labute approximate surface area is 146 Å². The van der Waals surface area contributed by atoms with Crippen molar-refractivity contribution in [2.75, 3.05) is 20.2 Å². The zero-order chi connectivity index (χ0) is 18.0. The van der Waals surface area contributed by atoms with Gasteiger partial charge in [-0.2, -0.15) is 0 Å². The number of benzene rings is 1. The molecule has 1 aromatic carbocycles. The minimum Gasteiger partial charge on any atom is -0.466 e.